The van der Waals surface area contributed by atoms with Gasteiger partial charge in [-0.05, 0) is 29.2 Å². The van der Waals surface area contributed by atoms with Gasteiger partial charge < -0.3 is 10.2 Å². The Hall–Kier alpha value is -2.95. The van der Waals surface area contributed by atoms with Crippen LogP contribution in [0.4, 0.5) is 11.6 Å². The lowest BCUT2D eigenvalue weighted by Crippen LogP contribution is -2.20. The van der Waals surface area contributed by atoms with E-state index in [0.29, 0.717) is 12.2 Å². The first-order valence-corrected chi connectivity index (χ1v) is 8.63. The highest BCUT2D eigenvalue weighted by molar-refractivity contribution is 5.95. The van der Waals surface area contributed by atoms with Crippen molar-refractivity contribution in [2.45, 2.75) is 19.3 Å². The fourth-order valence-corrected chi connectivity index (χ4v) is 3.34. The minimum atomic E-state index is -0.0672. The minimum absolute atomic E-state index is 0.0672. The number of anilines is 2. The van der Waals surface area contributed by atoms with Crippen LogP contribution in [0.25, 0.3) is 10.8 Å². The van der Waals surface area contributed by atoms with E-state index in [1.807, 2.05) is 36.4 Å². The molecule has 0 saturated carbocycles. The van der Waals surface area contributed by atoms with Crippen LogP contribution >= 0.6 is 0 Å². The summed E-state index contributed by atoms with van der Waals surface area (Å²) in [6, 6.07) is 16.0. The second kappa shape index (κ2) is 6.89. The zero-order valence-corrected chi connectivity index (χ0v) is 14.0. The highest BCUT2D eigenvalue weighted by atomic mass is 16.1. The Kier molecular flexibility index (Phi) is 4.29. The number of benzene rings is 2. The molecule has 2 heterocycles. The molecule has 3 aromatic rings. The molecular weight excluding hydrogens is 312 g/mol. The highest BCUT2D eigenvalue weighted by Crippen LogP contribution is 2.21. The van der Waals surface area contributed by atoms with Gasteiger partial charge in [0.2, 0.25) is 5.91 Å². The Morgan fingerprint density at radius 3 is 2.72 bits per heavy atom. The first-order chi connectivity index (χ1) is 12.3. The van der Waals surface area contributed by atoms with Crippen molar-refractivity contribution in [1.29, 1.82) is 0 Å². The number of nitrogens with one attached hydrogen (secondary N) is 1. The molecule has 0 aliphatic carbocycles. The minimum Gasteiger partial charge on any atom is -0.356 e. The number of carbonyl (C=O) groups excluding carboxylic acids is 1. The van der Waals surface area contributed by atoms with Gasteiger partial charge >= 0.3 is 0 Å². The molecule has 0 unspecified atom stereocenters. The van der Waals surface area contributed by atoms with E-state index in [0.717, 1.165) is 35.2 Å². The van der Waals surface area contributed by atoms with Gasteiger partial charge in [-0.25, -0.2) is 9.97 Å². The maximum absolute atomic E-state index is 12.5. The average Bonchev–Trinajstić information content (AvgIpc) is 3.17. The van der Waals surface area contributed by atoms with Gasteiger partial charge in [0.1, 0.15) is 18.0 Å². The molecule has 5 nitrogen and oxygen atoms in total. The summed E-state index contributed by atoms with van der Waals surface area (Å²) in [5.74, 6) is 1.37. The molecule has 126 valence electrons. The number of rotatable bonds is 4. The lowest BCUT2D eigenvalue weighted by atomic mass is 10.0. The lowest BCUT2D eigenvalue weighted by Gasteiger charge is -2.16. The molecule has 1 aliphatic heterocycles. The number of nitrogens with zero attached hydrogens (tertiary/aromatic N) is 3. The van der Waals surface area contributed by atoms with Crippen molar-refractivity contribution in [1.82, 2.24) is 9.97 Å². The predicted octanol–water partition coefficient (Wildman–Crippen LogP) is 3.41. The Morgan fingerprint density at radius 2 is 1.84 bits per heavy atom. The van der Waals surface area contributed by atoms with Crippen LogP contribution in [0, 0.1) is 0 Å². The zero-order valence-electron chi connectivity index (χ0n) is 14.0. The number of carbonyl (C=O) groups is 1. The van der Waals surface area contributed by atoms with Crippen LogP contribution in [0.2, 0.25) is 0 Å². The van der Waals surface area contributed by atoms with Gasteiger partial charge in [0.25, 0.3) is 0 Å². The Bertz CT molecular complexity index is 898. The largest absolute Gasteiger partial charge is 0.356 e. The van der Waals surface area contributed by atoms with E-state index in [1.165, 1.54) is 19.2 Å². The molecule has 25 heavy (non-hydrogen) atoms. The zero-order chi connectivity index (χ0) is 17.1. The van der Waals surface area contributed by atoms with Crippen LogP contribution in [-0.4, -0.2) is 29.0 Å². The summed E-state index contributed by atoms with van der Waals surface area (Å²) in [6.07, 6.45) is 4.21. The summed E-state index contributed by atoms with van der Waals surface area (Å²) in [5.41, 5.74) is 1.02. The summed E-state index contributed by atoms with van der Waals surface area (Å²) in [6.45, 7) is 2.03. The van der Waals surface area contributed by atoms with Crippen LogP contribution in [0.1, 0.15) is 18.4 Å². The van der Waals surface area contributed by atoms with Gasteiger partial charge in [-0.1, -0.05) is 42.5 Å². The van der Waals surface area contributed by atoms with E-state index in [1.54, 1.807) is 0 Å². The molecule has 0 bridgehead atoms. The third kappa shape index (κ3) is 3.45. The van der Waals surface area contributed by atoms with Crippen molar-refractivity contribution in [2.75, 3.05) is 23.3 Å². The van der Waals surface area contributed by atoms with Gasteiger partial charge in [-0.3, -0.25) is 4.79 Å². The molecule has 1 saturated heterocycles. The first-order valence-electron chi connectivity index (χ1n) is 8.63. The summed E-state index contributed by atoms with van der Waals surface area (Å²) in [5, 5.41) is 5.16. The molecule has 1 N–H and O–H groups in total. The first kappa shape index (κ1) is 15.6. The third-order valence-electron chi connectivity index (χ3n) is 4.58. The smallest absolute Gasteiger partial charge is 0.229 e. The predicted molar refractivity (Wildman–Crippen MR) is 99.8 cm³/mol. The van der Waals surface area contributed by atoms with Crippen molar-refractivity contribution in [3.63, 3.8) is 0 Å². The Morgan fingerprint density at radius 1 is 1.04 bits per heavy atom. The topological polar surface area (TPSA) is 58.1 Å². The highest BCUT2D eigenvalue weighted by Gasteiger charge is 2.15. The molecule has 0 spiro atoms. The average molecular weight is 332 g/mol. The molecule has 1 fully saturated rings. The third-order valence-corrected chi connectivity index (χ3v) is 4.58. The van der Waals surface area contributed by atoms with E-state index in [2.05, 4.69) is 32.3 Å². The fourth-order valence-electron chi connectivity index (χ4n) is 3.34. The van der Waals surface area contributed by atoms with E-state index in [4.69, 9.17) is 0 Å². The Balaban J connectivity index is 1.49. The number of aromatic nitrogens is 2. The SMILES string of the molecule is O=C(Cc1cccc2ccccc12)Nc1cc(N2CCCC2)ncn1. The van der Waals surface area contributed by atoms with Crippen LogP contribution < -0.4 is 10.2 Å². The standard InChI is InChI=1S/C20H20N4O/c25-20(12-16-8-5-7-15-6-1-2-9-17(15)16)23-18-13-19(22-14-21-18)24-10-3-4-11-24/h1-2,5-9,13-14H,3-4,10-12H2,(H,21,22,23,25). The maximum Gasteiger partial charge on any atom is 0.229 e. The van der Waals surface area contributed by atoms with Gasteiger partial charge in [-0.2, -0.15) is 0 Å². The van der Waals surface area contributed by atoms with Crippen molar-refractivity contribution < 1.29 is 4.79 Å². The van der Waals surface area contributed by atoms with Crippen molar-refractivity contribution in [3.05, 3.63) is 60.4 Å². The monoisotopic (exact) mass is 332 g/mol. The molecule has 5 heteroatoms. The molecule has 2 aromatic carbocycles. The molecular formula is C20H20N4O. The Labute approximate surface area is 146 Å². The lowest BCUT2D eigenvalue weighted by molar-refractivity contribution is -0.115. The van der Waals surface area contributed by atoms with Gasteiger partial charge in [-0.15, -0.1) is 0 Å². The second-order valence-corrected chi connectivity index (χ2v) is 6.32. The van der Waals surface area contributed by atoms with Crippen molar-refractivity contribution in [3.8, 4) is 0 Å². The molecule has 0 atom stereocenters. The van der Waals surface area contributed by atoms with Crippen LogP contribution in [0.15, 0.2) is 54.9 Å². The second-order valence-electron chi connectivity index (χ2n) is 6.32. The molecule has 1 amide bonds. The number of hydrogen-bond acceptors (Lipinski definition) is 4. The van der Waals surface area contributed by atoms with E-state index in [9.17, 15) is 4.79 Å². The summed E-state index contributed by atoms with van der Waals surface area (Å²) >= 11 is 0. The molecule has 1 aromatic heterocycles. The molecule has 1 aliphatic rings. The number of fused-ring (bicyclic) bond motifs is 1. The number of hydrogen-bond donors (Lipinski definition) is 1. The van der Waals surface area contributed by atoms with Gasteiger partial charge in [0, 0.05) is 19.2 Å². The van der Waals surface area contributed by atoms with Crippen molar-refractivity contribution in [2.24, 2.45) is 0 Å². The molecule has 0 radical (unpaired) electrons. The van der Waals surface area contributed by atoms with Gasteiger partial charge in [0.15, 0.2) is 0 Å². The molecule has 4 rings (SSSR count). The summed E-state index contributed by atoms with van der Waals surface area (Å²) in [7, 11) is 0. The van der Waals surface area contributed by atoms with Crippen LogP contribution in [-0.2, 0) is 11.2 Å². The van der Waals surface area contributed by atoms with Crippen molar-refractivity contribution >= 4 is 28.3 Å². The maximum atomic E-state index is 12.5. The number of amides is 1. The summed E-state index contributed by atoms with van der Waals surface area (Å²) < 4.78 is 0. The van der Waals surface area contributed by atoms with E-state index >= 15 is 0 Å². The van der Waals surface area contributed by atoms with Gasteiger partial charge in [0.05, 0.1) is 6.42 Å². The normalized spacial score (nSPS) is 14.0. The van der Waals surface area contributed by atoms with E-state index < -0.39 is 0 Å². The quantitative estimate of drug-likeness (QED) is 0.795. The van der Waals surface area contributed by atoms with E-state index in [-0.39, 0.29) is 5.91 Å². The summed E-state index contributed by atoms with van der Waals surface area (Å²) in [4.78, 5) is 23.2. The van der Waals surface area contributed by atoms with Crippen LogP contribution in [0.5, 0.6) is 0 Å². The van der Waals surface area contributed by atoms with Crippen LogP contribution in [0.3, 0.4) is 0 Å². The fraction of sp³-hybridized carbons (Fsp3) is 0.250.